The van der Waals surface area contributed by atoms with Crippen LogP contribution in [0.4, 0.5) is 24.9 Å². The van der Waals surface area contributed by atoms with Crippen molar-refractivity contribution >= 4 is 33.1 Å². The average Bonchev–Trinajstić information content (AvgIpc) is 3.33. The van der Waals surface area contributed by atoms with E-state index in [1.165, 1.54) is 18.3 Å². The molecule has 0 amide bonds. The first kappa shape index (κ1) is 24.4. The van der Waals surface area contributed by atoms with Crippen LogP contribution in [0.2, 0.25) is 0 Å². The van der Waals surface area contributed by atoms with E-state index >= 15 is 0 Å². The van der Waals surface area contributed by atoms with Crippen molar-refractivity contribution in [3.63, 3.8) is 0 Å². The number of halogens is 3. The normalized spacial score (nSPS) is 19.9. The Balaban J connectivity index is 1.90. The molecular weight excluding hydrogens is 453 g/mol. The number of aliphatic hydroxyl groups excluding tert-OH is 1. The minimum Gasteiger partial charge on any atom is -0.391 e. The summed E-state index contributed by atoms with van der Waals surface area (Å²) < 4.78 is 68.1. The molecule has 15 heteroatoms. The quantitative estimate of drug-likeness (QED) is 0.416. The van der Waals surface area contributed by atoms with Crippen molar-refractivity contribution < 1.29 is 26.7 Å². The van der Waals surface area contributed by atoms with Gasteiger partial charge in [-0.3, -0.25) is 0 Å². The van der Waals surface area contributed by atoms with Gasteiger partial charge in [0.2, 0.25) is 5.95 Å². The Morgan fingerprint density at radius 3 is 2.66 bits per heavy atom. The molecule has 180 valence electrons. The molecular formula is C17H27F3N8O3S. The van der Waals surface area contributed by atoms with Crippen molar-refractivity contribution in [3.8, 4) is 0 Å². The minimum atomic E-state index is -4.49. The third-order valence-corrected chi connectivity index (χ3v) is 6.77. The van der Waals surface area contributed by atoms with Gasteiger partial charge in [0.1, 0.15) is 0 Å². The standard InChI is InChI=1S/C17H27F3N8O3S/c1-4-27-9-22-13-14(23-11-5-6-28(8-11)32(30,31)21-3)25-16(26-15(13)27)24-12(10(2)29)7-17(18,19)20/h9-12,21,29H,4-8H2,1-3H3,(H2,23,24,25,26)/t10-,11+,12+/m1/s1. The Morgan fingerprint density at radius 2 is 2.06 bits per heavy atom. The first-order chi connectivity index (χ1) is 14.9. The Hall–Kier alpha value is -2.23. The third kappa shape index (κ3) is 5.57. The number of aliphatic hydroxyl groups is 1. The number of hydrogen-bond donors (Lipinski definition) is 4. The summed E-state index contributed by atoms with van der Waals surface area (Å²) in [5.74, 6) is 0.179. The zero-order chi connectivity index (χ0) is 23.7. The van der Waals surface area contributed by atoms with Gasteiger partial charge in [-0.15, -0.1) is 0 Å². The van der Waals surface area contributed by atoms with Gasteiger partial charge in [-0.25, -0.2) is 9.71 Å². The number of fused-ring (bicyclic) bond motifs is 1. The van der Waals surface area contributed by atoms with Gasteiger partial charge >= 0.3 is 6.18 Å². The van der Waals surface area contributed by atoms with Gasteiger partial charge in [0.05, 0.1) is 24.9 Å². The summed E-state index contributed by atoms with van der Waals surface area (Å²) in [5.41, 5.74) is 0.818. The highest BCUT2D eigenvalue weighted by molar-refractivity contribution is 7.87. The molecule has 3 rings (SSSR count). The van der Waals surface area contributed by atoms with Gasteiger partial charge in [0, 0.05) is 32.7 Å². The molecule has 1 aliphatic rings. The van der Waals surface area contributed by atoms with Crippen LogP contribution in [0.1, 0.15) is 26.7 Å². The van der Waals surface area contributed by atoms with Crippen LogP contribution in [-0.2, 0) is 16.8 Å². The molecule has 1 fully saturated rings. The predicted molar refractivity (Wildman–Crippen MR) is 112 cm³/mol. The molecule has 11 nitrogen and oxygen atoms in total. The number of aromatic nitrogens is 4. The predicted octanol–water partition coefficient (Wildman–Crippen LogP) is 0.910. The molecule has 2 aromatic rings. The maximum atomic E-state index is 12.9. The van der Waals surface area contributed by atoms with Crippen LogP contribution in [0.5, 0.6) is 0 Å². The highest BCUT2D eigenvalue weighted by Gasteiger charge is 2.35. The van der Waals surface area contributed by atoms with E-state index in [9.17, 15) is 26.7 Å². The van der Waals surface area contributed by atoms with Crippen LogP contribution in [0, 0.1) is 0 Å². The van der Waals surface area contributed by atoms with E-state index in [0.717, 1.165) is 0 Å². The summed E-state index contributed by atoms with van der Waals surface area (Å²) in [6.45, 7) is 4.14. The number of rotatable bonds is 9. The van der Waals surface area contributed by atoms with E-state index in [-0.39, 0.29) is 24.4 Å². The fourth-order valence-electron chi connectivity index (χ4n) is 3.49. The summed E-state index contributed by atoms with van der Waals surface area (Å²) in [6, 6.07) is -1.63. The molecule has 0 unspecified atom stereocenters. The SMILES string of the molecule is CCn1cnc2c(N[C@H]3CCN(S(=O)(=O)NC)C3)nc(N[C@@H](CC(F)(F)F)[C@@H](C)O)nc21. The summed E-state index contributed by atoms with van der Waals surface area (Å²) in [6.07, 6.45) is -5.01. The fourth-order valence-corrected chi connectivity index (χ4v) is 4.47. The Labute approximate surface area is 183 Å². The second-order valence-corrected chi connectivity index (χ2v) is 9.48. The zero-order valence-corrected chi connectivity index (χ0v) is 18.7. The molecule has 2 aromatic heterocycles. The van der Waals surface area contributed by atoms with Crippen molar-refractivity contribution in [1.82, 2.24) is 28.5 Å². The highest BCUT2D eigenvalue weighted by atomic mass is 32.2. The van der Waals surface area contributed by atoms with E-state index in [1.807, 2.05) is 6.92 Å². The van der Waals surface area contributed by atoms with E-state index in [0.29, 0.717) is 30.7 Å². The van der Waals surface area contributed by atoms with E-state index in [4.69, 9.17) is 0 Å². The van der Waals surface area contributed by atoms with Crippen LogP contribution in [-0.4, -0.2) is 81.8 Å². The highest BCUT2D eigenvalue weighted by Crippen LogP contribution is 2.27. The molecule has 0 radical (unpaired) electrons. The lowest BCUT2D eigenvalue weighted by Gasteiger charge is -2.23. The van der Waals surface area contributed by atoms with Crippen molar-refractivity contribution in [1.29, 1.82) is 0 Å². The number of alkyl halides is 3. The Morgan fingerprint density at radius 1 is 1.34 bits per heavy atom. The summed E-state index contributed by atoms with van der Waals surface area (Å²) in [7, 11) is -2.24. The molecule has 0 aromatic carbocycles. The van der Waals surface area contributed by atoms with Crippen LogP contribution >= 0.6 is 0 Å². The van der Waals surface area contributed by atoms with Gasteiger partial charge in [-0.05, 0) is 20.3 Å². The number of nitrogens with one attached hydrogen (secondary N) is 3. The van der Waals surface area contributed by atoms with Gasteiger partial charge in [0.15, 0.2) is 17.0 Å². The molecule has 0 bridgehead atoms. The average molecular weight is 481 g/mol. The van der Waals surface area contributed by atoms with Gasteiger partial charge in [0.25, 0.3) is 10.2 Å². The van der Waals surface area contributed by atoms with Gasteiger partial charge in [-0.2, -0.15) is 35.9 Å². The third-order valence-electron chi connectivity index (χ3n) is 5.24. The second kappa shape index (κ2) is 9.33. The van der Waals surface area contributed by atoms with E-state index in [2.05, 4.69) is 30.3 Å². The lowest BCUT2D eigenvalue weighted by atomic mass is 10.1. The molecule has 3 atom stereocenters. The topological polar surface area (TPSA) is 137 Å². The largest absolute Gasteiger partial charge is 0.391 e. The molecule has 0 aliphatic carbocycles. The molecule has 1 saturated heterocycles. The maximum absolute atomic E-state index is 12.9. The number of nitrogens with zero attached hydrogens (tertiary/aromatic N) is 5. The Bertz CT molecular complexity index is 1040. The van der Waals surface area contributed by atoms with Gasteiger partial charge < -0.3 is 20.3 Å². The molecule has 4 N–H and O–H groups in total. The molecule has 3 heterocycles. The fraction of sp³-hybridized carbons (Fsp3) is 0.706. The van der Waals surface area contributed by atoms with E-state index in [1.54, 1.807) is 10.9 Å². The number of aryl methyl sites for hydroxylation is 1. The van der Waals surface area contributed by atoms with Crippen LogP contribution in [0.25, 0.3) is 11.2 Å². The molecule has 0 spiro atoms. The first-order valence-electron chi connectivity index (χ1n) is 10.1. The molecule has 0 saturated carbocycles. The lowest BCUT2D eigenvalue weighted by molar-refractivity contribution is -0.141. The smallest absolute Gasteiger partial charge is 0.391 e. The summed E-state index contributed by atoms with van der Waals surface area (Å²) >= 11 is 0. The molecule has 32 heavy (non-hydrogen) atoms. The van der Waals surface area contributed by atoms with Crippen LogP contribution in [0.15, 0.2) is 6.33 Å². The Kier molecular flexibility index (Phi) is 7.12. The lowest BCUT2D eigenvalue weighted by Crippen LogP contribution is -2.38. The monoisotopic (exact) mass is 480 g/mol. The van der Waals surface area contributed by atoms with Crippen molar-refractivity contribution in [2.75, 3.05) is 30.8 Å². The summed E-state index contributed by atoms with van der Waals surface area (Å²) in [4.78, 5) is 12.9. The van der Waals surface area contributed by atoms with Crippen LogP contribution in [0.3, 0.4) is 0 Å². The zero-order valence-electron chi connectivity index (χ0n) is 17.9. The number of hydrogen-bond acceptors (Lipinski definition) is 8. The van der Waals surface area contributed by atoms with E-state index < -0.39 is 35.0 Å². The van der Waals surface area contributed by atoms with Crippen molar-refractivity contribution in [2.24, 2.45) is 0 Å². The maximum Gasteiger partial charge on any atom is 0.391 e. The van der Waals surface area contributed by atoms with Gasteiger partial charge in [-0.1, -0.05) is 0 Å². The van der Waals surface area contributed by atoms with Crippen molar-refractivity contribution in [2.45, 2.75) is 57.6 Å². The number of anilines is 2. The number of imidazole rings is 1. The summed E-state index contributed by atoms with van der Waals surface area (Å²) in [5, 5.41) is 15.6. The van der Waals surface area contributed by atoms with Crippen molar-refractivity contribution in [3.05, 3.63) is 6.33 Å². The minimum absolute atomic E-state index is 0.0944. The van der Waals surface area contributed by atoms with Crippen LogP contribution < -0.4 is 15.4 Å². The molecule has 1 aliphatic heterocycles. The second-order valence-electron chi connectivity index (χ2n) is 7.61. The first-order valence-corrected chi connectivity index (χ1v) is 11.6.